The van der Waals surface area contributed by atoms with Crippen LogP contribution in [0.5, 0.6) is 0 Å². The molecule has 0 aromatic heterocycles. The van der Waals surface area contributed by atoms with Gasteiger partial charge in [-0.25, -0.2) is 0 Å². The van der Waals surface area contributed by atoms with E-state index in [-0.39, 0.29) is 13.0 Å². The second kappa shape index (κ2) is 4.91. The van der Waals surface area contributed by atoms with Crippen LogP contribution in [-0.4, -0.2) is 16.2 Å². The first kappa shape index (κ1) is 11.7. The number of rotatable bonds is 3. The molecule has 2 N–H and O–H groups in total. The van der Waals surface area contributed by atoms with Gasteiger partial charge >= 0.3 is 5.97 Å². The summed E-state index contributed by atoms with van der Waals surface area (Å²) in [6, 6.07) is 5.04. The van der Waals surface area contributed by atoms with Crippen molar-refractivity contribution < 1.29 is 15.0 Å². The average molecular weight is 270 g/mol. The highest BCUT2D eigenvalue weighted by Gasteiger charge is 2.13. The van der Waals surface area contributed by atoms with E-state index in [1.165, 1.54) is 0 Å². The van der Waals surface area contributed by atoms with E-state index in [1.54, 1.807) is 12.1 Å². The van der Waals surface area contributed by atoms with Gasteiger partial charge < -0.3 is 10.2 Å². The van der Waals surface area contributed by atoms with Gasteiger partial charge in [0.15, 0.2) is 0 Å². The molecule has 15 heavy (non-hydrogen) atoms. The molecule has 0 fully saturated rings. The van der Waals surface area contributed by atoms with Crippen molar-refractivity contribution in [3.8, 4) is 6.07 Å². The summed E-state index contributed by atoms with van der Waals surface area (Å²) in [5.74, 6) is -1.000. The minimum atomic E-state index is -1.000. The molecular weight excluding hydrogens is 262 g/mol. The van der Waals surface area contributed by atoms with E-state index in [2.05, 4.69) is 15.9 Å². The zero-order chi connectivity index (χ0) is 11.4. The third-order valence-electron chi connectivity index (χ3n) is 1.96. The van der Waals surface area contributed by atoms with Gasteiger partial charge in [0, 0.05) is 4.47 Å². The predicted molar refractivity (Wildman–Crippen MR) is 56.1 cm³/mol. The van der Waals surface area contributed by atoms with Crippen molar-refractivity contribution in [2.45, 2.75) is 13.0 Å². The number of carbonyl (C=O) groups is 1. The Balaban J connectivity index is 3.30. The molecule has 0 amide bonds. The number of hydrogen-bond donors (Lipinski definition) is 2. The Morgan fingerprint density at radius 3 is 2.67 bits per heavy atom. The SMILES string of the molecule is N#Cc1ccc(CO)c(CC(=O)O)c1Br. The van der Waals surface area contributed by atoms with Gasteiger partial charge in [-0.15, -0.1) is 0 Å². The first-order valence-corrected chi connectivity index (χ1v) is 4.92. The van der Waals surface area contributed by atoms with Crippen molar-refractivity contribution in [1.82, 2.24) is 0 Å². The van der Waals surface area contributed by atoms with E-state index in [0.29, 0.717) is 21.2 Å². The highest BCUT2D eigenvalue weighted by atomic mass is 79.9. The maximum Gasteiger partial charge on any atom is 0.307 e. The van der Waals surface area contributed by atoms with Gasteiger partial charge in [-0.3, -0.25) is 4.79 Å². The van der Waals surface area contributed by atoms with Gasteiger partial charge in [0.1, 0.15) is 6.07 Å². The molecule has 0 aliphatic carbocycles. The monoisotopic (exact) mass is 269 g/mol. The average Bonchev–Trinajstić information content (AvgIpc) is 2.20. The number of aliphatic carboxylic acids is 1. The van der Waals surface area contributed by atoms with Crippen LogP contribution in [0.3, 0.4) is 0 Å². The summed E-state index contributed by atoms with van der Waals surface area (Å²) in [5, 5.41) is 26.5. The molecule has 5 heteroatoms. The third-order valence-corrected chi connectivity index (χ3v) is 2.86. The maximum absolute atomic E-state index is 10.6. The molecule has 0 aliphatic rings. The van der Waals surface area contributed by atoms with E-state index in [1.807, 2.05) is 6.07 Å². The van der Waals surface area contributed by atoms with Crippen LogP contribution < -0.4 is 0 Å². The summed E-state index contributed by atoms with van der Waals surface area (Å²) in [7, 11) is 0. The fourth-order valence-electron chi connectivity index (χ4n) is 1.24. The maximum atomic E-state index is 10.6. The number of hydrogen-bond acceptors (Lipinski definition) is 3. The number of carboxylic acids is 1. The van der Waals surface area contributed by atoms with Crippen LogP contribution in [0, 0.1) is 11.3 Å². The van der Waals surface area contributed by atoms with Gasteiger partial charge in [-0.1, -0.05) is 6.07 Å². The van der Waals surface area contributed by atoms with E-state index in [4.69, 9.17) is 15.5 Å². The minimum absolute atomic E-state index is 0.216. The Kier molecular flexibility index (Phi) is 3.83. The number of halogens is 1. The highest BCUT2D eigenvalue weighted by Crippen LogP contribution is 2.25. The van der Waals surface area contributed by atoms with Gasteiger partial charge in [-0.05, 0) is 33.1 Å². The standard InChI is InChI=1S/C10H8BrNO3/c11-10-6(4-12)1-2-7(5-13)8(10)3-9(14)15/h1-2,13H,3,5H2,(H,14,15). The molecule has 0 heterocycles. The van der Waals surface area contributed by atoms with Crippen molar-refractivity contribution in [2.75, 3.05) is 0 Å². The fourth-order valence-corrected chi connectivity index (χ4v) is 1.85. The molecule has 0 atom stereocenters. The van der Waals surface area contributed by atoms with Crippen LogP contribution in [0.25, 0.3) is 0 Å². The Hall–Kier alpha value is -1.38. The molecular formula is C10H8BrNO3. The summed E-state index contributed by atoms with van der Waals surface area (Å²) in [6.07, 6.45) is -0.216. The lowest BCUT2D eigenvalue weighted by Crippen LogP contribution is -2.05. The number of nitrogens with zero attached hydrogens (tertiary/aromatic N) is 1. The smallest absolute Gasteiger partial charge is 0.307 e. The van der Waals surface area contributed by atoms with Crippen LogP contribution in [-0.2, 0) is 17.8 Å². The quantitative estimate of drug-likeness (QED) is 0.870. The zero-order valence-corrected chi connectivity index (χ0v) is 9.28. The Morgan fingerprint density at radius 2 is 2.20 bits per heavy atom. The number of aliphatic hydroxyl groups is 1. The molecule has 0 spiro atoms. The third kappa shape index (κ3) is 2.55. The fraction of sp³-hybridized carbons (Fsp3) is 0.200. The van der Waals surface area contributed by atoms with Crippen molar-refractivity contribution in [2.24, 2.45) is 0 Å². The molecule has 78 valence electrons. The Labute approximate surface area is 94.9 Å². The molecule has 1 aromatic rings. The van der Waals surface area contributed by atoms with Gasteiger partial charge in [0.25, 0.3) is 0 Å². The molecule has 4 nitrogen and oxygen atoms in total. The zero-order valence-electron chi connectivity index (χ0n) is 7.70. The number of benzene rings is 1. The van der Waals surface area contributed by atoms with Crippen LogP contribution in [0.4, 0.5) is 0 Å². The van der Waals surface area contributed by atoms with E-state index in [0.717, 1.165) is 0 Å². The summed E-state index contributed by atoms with van der Waals surface area (Å²) >= 11 is 3.16. The first-order chi connectivity index (χ1) is 7.10. The lowest BCUT2D eigenvalue weighted by molar-refractivity contribution is -0.136. The van der Waals surface area contributed by atoms with Crippen molar-refractivity contribution in [3.63, 3.8) is 0 Å². The lowest BCUT2D eigenvalue weighted by Gasteiger charge is -2.08. The molecule has 0 saturated heterocycles. The molecule has 1 aromatic carbocycles. The van der Waals surface area contributed by atoms with Crippen LogP contribution in [0.1, 0.15) is 16.7 Å². The molecule has 0 radical (unpaired) electrons. The van der Waals surface area contributed by atoms with Gasteiger partial charge in [0.2, 0.25) is 0 Å². The summed E-state index contributed by atoms with van der Waals surface area (Å²) in [6.45, 7) is -0.243. The van der Waals surface area contributed by atoms with E-state index < -0.39 is 5.97 Å². The van der Waals surface area contributed by atoms with E-state index >= 15 is 0 Å². The van der Waals surface area contributed by atoms with Crippen molar-refractivity contribution in [3.05, 3.63) is 33.3 Å². The Bertz CT molecular complexity index is 437. The topological polar surface area (TPSA) is 81.3 Å². The first-order valence-electron chi connectivity index (χ1n) is 4.13. The highest BCUT2D eigenvalue weighted by molar-refractivity contribution is 9.10. The number of nitriles is 1. The molecule has 0 bridgehead atoms. The van der Waals surface area contributed by atoms with Crippen LogP contribution in [0.15, 0.2) is 16.6 Å². The predicted octanol–water partition coefficient (Wildman–Crippen LogP) is 1.44. The Morgan fingerprint density at radius 1 is 1.53 bits per heavy atom. The van der Waals surface area contributed by atoms with E-state index in [9.17, 15) is 4.79 Å². The number of aliphatic hydroxyl groups excluding tert-OH is 1. The second-order valence-corrected chi connectivity index (χ2v) is 3.70. The molecule has 1 rings (SSSR count). The minimum Gasteiger partial charge on any atom is -0.481 e. The molecule has 0 aliphatic heterocycles. The van der Waals surface area contributed by atoms with Gasteiger partial charge in [-0.2, -0.15) is 5.26 Å². The molecule has 0 saturated carbocycles. The van der Waals surface area contributed by atoms with Crippen LogP contribution in [0.2, 0.25) is 0 Å². The van der Waals surface area contributed by atoms with Gasteiger partial charge in [0.05, 0.1) is 18.6 Å². The largest absolute Gasteiger partial charge is 0.481 e. The van der Waals surface area contributed by atoms with Crippen molar-refractivity contribution >= 4 is 21.9 Å². The summed E-state index contributed by atoms with van der Waals surface area (Å²) < 4.78 is 0.443. The lowest BCUT2D eigenvalue weighted by atomic mass is 10.0. The summed E-state index contributed by atoms with van der Waals surface area (Å²) in [5.41, 5.74) is 1.33. The molecule has 0 unspecified atom stereocenters. The number of carboxylic acid groups (broad SMARTS) is 1. The van der Waals surface area contributed by atoms with Crippen LogP contribution >= 0.6 is 15.9 Å². The second-order valence-electron chi connectivity index (χ2n) is 2.91. The van der Waals surface area contributed by atoms with Crippen molar-refractivity contribution in [1.29, 1.82) is 5.26 Å². The normalized spacial score (nSPS) is 9.67. The summed E-state index contributed by atoms with van der Waals surface area (Å²) in [4.78, 5) is 10.6.